The van der Waals surface area contributed by atoms with E-state index in [0.717, 1.165) is 0 Å². The fourth-order valence-corrected chi connectivity index (χ4v) is 1.67. The third-order valence-corrected chi connectivity index (χ3v) is 2.45. The highest BCUT2D eigenvalue weighted by Gasteiger charge is 2.39. The lowest BCUT2D eigenvalue weighted by atomic mass is 9.97. The van der Waals surface area contributed by atoms with Crippen molar-refractivity contribution in [2.75, 3.05) is 6.61 Å². The molecule has 0 atom stereocenters. The highest BCUT2D eigenvalue weighted by atomic mass is 19.3. The van der Waals surface area contributed by atoms with Gasteiger partial charge in [-0.2, -0.15) is 0 Å². The van der Waals surface area contributed by atoms with Crippen LogP contribution in [0.4, 0.5) is 8.78 Å². The van der Waals surface area contributed by atoms with Crippen molar-refractivity contribution in [3.8, 4) is 5.75 Å². The highest BCUT2D eigenvalue weighted by molar-refractivity contribution is 5.97. The van der Waals surface area contributed by atoms with Gasteiger partial charge in [0.15, 0.2) is 5.78 Å². The third-order valence-electron chi connectivity index (χ3n) is 2.45. The molecular weight excluding hydrogens is 202 g/mol. The number of para-hydroxylation sites is 1. The molecule has 1 aliphatic heterocycles. The molecule has 1 aromatic carbocycles. The number of carbonyl (C=O) groups is 1. The van der Waals surface area contributed by atoms with Gasteiger partial charge in [0.2, 0.25) is 0 Å². The van der Waals surface area contributed by atoms with Gasteiger partial charge >= 0.3 is 0 Å². The molecule has 0 radical (unpaired) electrons. The molecule has 0 fully saturated rings. The Hall–Kier alpha value is -1.45. The normalized spacial score (nSPS) is 17.8. The predicted octanol–water partition coefficient (Wildman–Crippen LogP) is 2.76. The van der Waals surface area contributed by atoms with E-state index >= 15 is 0 Å². The Kier molecular flexibility index (Phi) is 2.21. The van der Waals surface area contributed by atoms with E-state index in [1.807, 2.05) is 0 Å². The van der Waals surface area contributed by atoms with Gasteiger partial charge in [-0.25, -0.2) is 8.78 Å². The van der Waals surface area contributed by atoms with E-state index in [-0.39, 0.29) is 35.7 Å². The first-order valence-corrected chi connectivity index (χ1v) is 4.67. The van der Waals surface area contributed by atoms with Gasteiger partial charge in [0.1, 0.15) is 5.75 Å². The van der Waals surface area contributed by atoms with Crippen LogP contribution in [-0.2, 0) is 5.92 Å². The van der Waals surface area contributed by atoms with Crippen LogP contribution in [0.5, 0.6) is 5.75 Å². The average molecular weight is 212 g/mol. The van der Waals surface area contributed by atoms with Crippen molar-refractivity contribution >= 4 is 5.78 Å². The molecule has 2 rings (SSSR count). The summed E-state index contributed by atoms with van der Waals surface area (Å²) in [4.78, 5) is 11.2. The van der Waals surface area contributed by atoms with Crippen LogP contribution >= 0.6 is 0 Å². The molecule has 2 nitrogen and oxygen atoms in total. The summed E-state index contributed by atoms with van der Waals surface area (Å²) in [5.41, 5.74) is 0.0494. The molecule has 0 saturated carbocycles. The number of Topliss-reactive ketones (excluding diaryl/α,β-unsaturated/α-hetero) is 1. The predicted molar refractivity (Wildman–Crippen MR) is 50.5 cm³/mol. The summed E-state index contributed by atoms with van der Waals surface area (Å²) in [6.07, 6.45) is -0.332. The minimum Gasteiger partial charge on any atom is -0.492 e. The zero-order valence-electron chi connectivity index (χ0n) is 8.22. The van der Waals surface area contributed by atoms with Gasteiger partial charge in [-0.3, -0.25) is 4.79 Å². The van der Waals surface area contributed by atoms with Gasteiger partial charge in [0, 0.05) is 0 Å². The van der Waals surface area contributed by atoms with Gasteiger partial charge in [-0.1, -0.05) is 6.07 Å². The first-order valence-electron chi connectivity index (χ1n) is 4.67. The number of hydrogen-bond donors (Lipinski definition) is 0. The second-order valence-electron chi connectivity index (χ2n) is 3.54. The van der Waals surface area contributed by atoms with Crippen molar-refractivity contribution < 1.29 is 18.3 Å². The first kappa shape index (κ1) is 10.1. The molecule has 1 heterocycles. The van der Waals surface area contributed by atoms with E-state index in [4.69, 9.17) is 4.74 Å². The number of ketones is 1. The molecule has 0 saturated heterocycles. The number of halogens is 2. The van der Waals surface area contributed by atoms with E-state index in [9.17, 15) is 13.6 Å². The molecule has 15 heavy (non-hydrogen) atoms. The van der Waals surface area contributed by atoms with Crippen molar-refractivity contribution in [2.24, 2.45) is 0 Å². The number of benzene rings is 1. The van der Waals surface area contributed by atoms with E-state index in [2.05, 4.69) is 0 Å². The van der Waals surface area contributed by atoms with Crippen LogP contribution in [0.25, 0.3) is 0 Å². The van der Waals surface area contributed by atoms with E-state index in [1.165, 1.54) is 25.1 Å². The van der Waals surface area contributed by atoms with E-state index < -0.39 is 5.92 Å². The Labute approximate surface area is 85.9 Å². The topological polar surface area (TPSA) is 26.3 Å². The second kappa shape index (κ2) is 3.29. The van der Waals surface area contributed by atoms with Gasteiger partial charge in [0.25, 0.3) is 5.92 Å². The van der Waals surface area contributed by atoms with Gasteiger partial charge < -0.3 is 4.74 Å². The Morgan fingerprint density at radius 2 is 2.20 bits per heavy atom. The quantitative estimate of drug-likeness (QED) is 0.669. The standard InChI is InChI=1S/C11H10F2O2/c1-7(14)8-3-2-4-9-10(8)15-6-5-11(9,12)13/h2-4H,5-6H2,1H3. The molecule has 4 heteroatoms. The maximum atomic E-state index is 13.4. The molecule has 0 spiro atoms. The van der Waals surface area contributed by atoms with Crippen molar-refractivity contribution in [3.63, 3.8) is 0 Å². The van der Waals surface area contributed by atoms with Gasteiger partial charge in [-0.15, -0.1) is 0 Å². The second-order valence-corrected chi connectivity index (χ2v) is 3.54. The average Bonchev–Trinajstić information content (AvgIpc) is 2.16. The summed E-state index contributed by atoms with van der Waals surface area (Å²) in [7, 11) is 0. The Balaban J connectivity index is 2.61. The molecule has 0 amide bonds. The molecule has 0 aromatic heterocycles. The van der Waals surface area contributed by atoms with Crippen molar-refractivity contribution in [3.05, 3.63) is 29.3 Å². The Bertz CT molecular complexity index is 413. The molecule has 0 N–H and O–H groups in total. The van der Waals surface area contributed by atoms with Crippen LogP contribution in [0.2, 0.25) is 0 Å². The molecule has 1 aromatic rings. The van der Waals surface area contributed by atoms with Crippen LogP contribution in [0, 0.1) is 0 Å². The smallest absolute Gasteiger partial charge is 0.280 e. The number of alkyl halides is 2. The van der Waals surface area contributed by atoms with Gasteiger partial charge in [0.05, 0.1) is 24.2 Å². The first-order chi connectivity index (χ1) is 7.02. The van der Waals surface area contributed by atoms with Crippen molar-refractivity contribution in [1.29, 1.82) is 0 Å². The number of fused-ring (bicyclic) bond motifs is 1. The fourth-order valence-electron chi connectivity index (χ4n) is 1.67. The molecular formula is C11H10F2O2. The molecule has 0 unspecified atom stereocenters. The lowest BCUT2D eigenvalue weighted by molar-refractivity contribution is -0.0406. The van der Waals surface area contributed by atoms with Crippen LogP contribution in [0.15, 0.2) is 18.2 Å². The lowest BCUT2D eigenvalue weighted by Gasteiger charge is -2.26. The van der Waals surface area contributed by atoms with Crippen LogP contribution in [-0.4, -0.2) is 12.4 Å². The number of hydrogen-bond acceptors (Lipinski definition) is 2. The highest BCUT2D eigenvalue weighted by Crippen LogP contribution is 2.42. The maximum Gasteiger partial charge on any atom is 0.280 e. The minimum atomic E-state index is -2.89. The molecule has 0 aliphatic carbocycles. The van der Waals surface area contributed by atoms with Crippen LogP contribution in [0.1, 0.15) is 29.3 Å². The Morgan fingerprint density at radius 1 is 1.47 bits per heavy atom. The molecule has 1 aliphatic rings. The molecule has 0 bridgehead atoms. The lowest BCUT2D eigenvalue weighted by Crippen LogP contribution is -2.25. The zero-order valence-corrected chi connectivity index (χ0v) is 8.22. The largest absolute Gasteiger partial charge is 0.492 e. The van der Waals surface area contributed by atoms with E-state index in [1.54, 1.807) is 0 Å². The summed E-state index contributed by atoms with van der Waals surface area (Å²) in [6.45, 7) is 1.29. The third kappa shape index (κ3) is 1.60. The number of carbonyl (C=O) groups excluding carboxylic acids is 1. The zero-order chi connectivity index (χ0) is 11.1. The number of rotatable bonds is 1. The summed E-state index contributed by atoms with van der Waals surface area (Å²) >= 11 is 0. The van der Waals surface area contributed by atoms with Crippen LogP contribution < -0.4 is 4.74 Å². The van der Waals surface area contributed by atoms with Crippen LogP contribution in [0.3, 0.4) is 0 Å². The summed E-state index contributed by atoms with van der Waals surface area (Å²) < 4.78 is 32.0. The fraction of sp³-hybridized carbons (Fsp3) is 0.364. The summed E-state index contributed by atoms with van der Waals surface area (Å²) in [6, 6.07) is 4.27. The Morgan fingerprint density at radius 3 is 2.87 bits per heavy atom. The summed E-state index contributed by atoms with van der Waals surface area (Å²) in [5.74, 6) is -3.11. The van der Waals surface area contributed by atoms with E-state index in [0.29, 0.717) is 0 Å². The number of ether oxygens (including phenoxy) is 1. The van der Waals surface area contributed by atoms with Gasteiger partial charge in [-0.05, 0) is 19.1 Å². The summed E-state index contributed by atoms with van der Waals surface area (Å²) in [5, 5.41) is 0. The molecule has 80 valence electrons. The SMILES string of the molecule is CC(=O)c1cccc2c1OCCC2(F)F. The van der Waals surface area contributed by atoms with Crippen molar-refractivity contribution in [1.82, 2.24) is 0 Å². The maximum absolute atomic E-state index is 13.4. The minimum absolute atomic E-state index is 0.0428. The van der Waals surface area contributed by atoms with Crippen molar-refractivity contribution in [2.45, 2.75) is 19.3 Å². The monoisotopic (exact) mass is 212 g/mol.